The maximum Gasteiger partial charge on any atom is 0.0940 e. The Hall–Kier alpha value is -1.37. The number of hydrogen-bond acceptors (Lipinski definition) is 3. The van der Waals surface area contributed by atoms with Crippen molar-refractivity contribution in [1.82, 2.24) is 4.90 Å². The van der Waals surface area contributed by atoms with Crippen molar-refractivity contribution in [3.63, 3.8) is 0 Å². The van der Waals surface area contributed by atoms with Crippen molar-refractivity contribution in [2.24, 2.45) is 5.73 Å². The molecule has 0 spiro atoms. The van der Waals surface area contributed by atoms with Crippen LogP contribution >= 0.6 is 0 Å². The Kier molecular flexibility index (Phi) is 6.31. The van der Waals surface area contributed by atoms with Crippen LogP contribution in [0.4, 0.5) is 0 Å². The van der Waals surface area contributed by atoms with E-state index in [1.165, 1.54) is 5.56 Å². The van der Waals surface area contributed by atoms with Gasteiger partial charge in [-0.1, -0.05) is 37.3 Å². The van der Waals surface area contributed by atoms with Crippen molar-refractivity contribution < 1.29 is 0 Å². The largest absolute Gasteiger partial charge is 0.316 e. The molecule has 1 aromatic carbocycles. The van der Waals surface area contributed by atoms with E-state index in [4.69, 9.17) is 11.0 Å². The second-order valence-corrected chi connectivity index (χ2v) is 4.29. The third-order valence-corrected chi connectivity index (χ3v) is 2.71. The lowest BCUT2D eigenvalue weighted by Crippen LogP contribution is -2.30. The Labute approximate surface area is 104 Å². The zero-order chi connectivity index (χ0) is 12.5. The number of nitrogens with two attached hydrogens (primary N) is 1. The van der Waals surface area contributed by atoms with Crippen LogP contribution in [-0.2, 0) is 6.54 Å². The molecule has 1 aromatic rings. The van der Waals surface area contributed by atoms with Gasteiger partial charge in [0.2, 0.25) is 0 Å². The molecular weight excluding hydrogens is 210 g/mol. The summed E-state index contributed by atoms with van der Waals surface area (Å²) in [5, 5.41) is 8.67. The first-order valence-corrected chi connectivity index (χ1v) is 6.17. The molecule has 0 aliphatic rings. The average molecular weight is 231 g/mol. The summed E-state index contributed by atoms with van der Waals surface area (Å²) in [5.41, 5.74) is 6.93. The summed E-state index contributed by atoms with van der Waals surface area (Å²) in [4.78, 5) is 2.35. The first-order valence-electron chi connectivity index (χ1n) is 6.17. The van der Waals surface area contributed by atoms with E-state index in [0.717, 1.165) is 32.5 Å². The minimum absolute atomic E-state index is 0.342. The van der Waals surface area contributed by atoms with Gasteiger partial charge in [-0.3, -0.25) is 4.90 Å². The molecule has 17 heavy (non-hydrogen) atoms. The first kappa shape index (κ1) is 13.7. The maximum absolute atomic E-state index is 8.67. The van der Waals surface area contributed by atoms with Gasteiger partial charge in [0.25, 0.3) is 0 Å². The highest BCUT2D eigenvalue weighted by Crippen LogP contribution is 2.06. The molecule has 2 N–H and O–H groups in total. The molecule has 0 bridgehead atoms. The molecule has 0 amide bonds. The summed E-state index contributed by atoms with van der Waals surface area (Å²) in [7, 11) is 0. The van der Waals surface area contributed by atoms with Crippen LogP contribution in [0.15, 0.2) is 30.3 Å². The van der Waals surface area contributed by atoms with Crippen molar-refractivity contribution in [2.45, 2.75) is 32.4 Å². The van der Waals surface area contributed by atoms with Crippen LogP contribution in [0.3, 0.4) is 0 Å². The Bertz CT molecular complexity index is 342. The van der Waals surface area contributed by atoms with Crippen LogP contribution in [-0.4, -0.2) is 24.0 Å². The van der Waals surface area contributed by atoms with Gasteiger partial charge in [-0.25, -0.2) is 0 Å². The van der Waals surface area contributed by atoms with Gasteiger partial charge < -0.3 is 5.73 Å². The fraction of sp³-hybridized carbons (Fsp3) is 0.500. The molecule has 0 saturated heterocycles. The van der Waals surface area contributed by atoms with E-state index in [1.54, 1.807) is 0 Å². The summed E-state index contributed by atoms with van der Waals surface area (Å²) in [6, 6.07) is 12.1. The molecule has 0 radical (unpaired) electrons. The Morgan fingerprint density at radius 3 is 2.59 bits per heavy atom. The molecular formula is C14H21N3. The van der Waals surface area contributed by atoms with Crippen molar-refractivity contribution in [2.75, 3.05) is 13.1 Å². The third-order valence-electron chi connectivity index (χ3n) is 2.71. The molecule has 1 unspecified atom stereocenters. The van der Waals surface area contributed by atoms with Gasteiger partial charge in [-0.05, 0) is 24.9 Å². The predicted octanol–water partition coefficient (Wildman–Crippen LogP) is 2.14. The van der Waals surface area contributed by atoms with Crippen molar-refractivity contribution in [3.8, 4) is 6.07 Å². The highest BCUT2D eigenvalue weighted by Gasteiger charge is 2.07. The van der Waals surface area contributed by atoms with Crippen LogP contribution in [0.25, 0.3) is 0 Å². The predicted molar refractivity (Wildman–Crippen MR) is 70.2 cm³/mol. The van der Waals surface area contributed by atoms with Crippen LogP contribution in [0.5, 0.6) is 0 Å². The quantitative estimate of drug-likeness (QED) is 0.782. The smallest absolute Gasteiger partial charge is 0.0940 e. The van der Waals surface area contributed by atoms with Gasteiger partial charge in [-0.2, -0.15) is 5.26 Å². The van der Waals surface area contributed by atoms with E-state index >= 15 is 0 Å². The van der Waals surface area contributed by atoms with Gasteiger partial charge in [0.1, 0.15) is 0 Å². The first-order chi connectivity index (χ1) is 8.26. The molecule has 0 heterocycles. The highest BCUT2D eigenvalue weighted by molar-refractivity contribution is 5.14. The van der Waals surface area contributed by atoms with Crippen LogP contribution in [0.2, 0.25) is 0 Å². The molecule has 0 aliphatic carbocycles. The summed E-state index contributed by atoms with van der Waals surface area (Å²) in [6.07, 6.45) is 1.86. The highest BCUT2D eigenvalue weighted by atomic mass is 15.1. The van der Waals surface area contributed by atoms with Gasteiger partial charge in [-0.15, -0.1) is 0 Å². The Morgan fingerprint density at radius 2 is 2.00 bits per heavy atom. The standard InChI is InChI=1S/C14H21N3/c1-2-9-17(10-8-14(16)11-15)12-13-6-4-3-5-7-13/h3-7,14H,2,8-10,12,16H2,1H3. The molecule has 92 valence electrons. The van der Waals surface area contributed by atoms with Crippen molar-refractivity contribution >= 4 is 0 Å². The van der Waals surface area contributed by atoms with Gasteiger partial charge in [0, 0.05) is 13.1 Å². The molecule has 1 rings (SSSR count). The minimum Gasteiger partial charge on any atom is -0.316 e. The van der Waals surface area contributed by atoms with E-state index in [0.29, 0.717) is 0 Å². The fourth-order valence-electron chi connectivity index (χ4n) is 1.81. The van der Waals surface area contributed by atoms with Gasteiger partial charge >= 0.3 is 0 Å². The number of nitriles is 1. The normalized spacial score (nSPS) is 12.4. The Balaban J connectivity index is 2.46. The van der Waals surface area contributed by atoms with E-state index in [2.05, 4.69) is 42.2 Å². The van der Waals surface area contributed by atoms with Crippen molar-refractivity contribution in [1.29, 1.82) is 5.26 Å². The molecule has 0 saturated carbocycles. The Morgan fingerprint density at radius 1 is 1.29 bits per heavy atom. The molecule has 0 fully saturated rings. The molecule has 0 aromatic heterocycles. The molecule has 1 atom stereocenters. The van der Waals surface area contributed by atoms with E-state index in [1.807, 2.05) is 6.07 Å². The molecule has 3 nitrogen and oxygen atoms in total. The van der Waals surface area contributed by atoms with Gasteiger partial charge in [0.05, 0.1) is 12.1 Å². The summed E-state index contributed by atoms with van der Waals surface area (Å²) < 4.78 is 0. The second-order valence-electron chi connectivity index (χ2n) is 4.29. The number of nitrogens with zero attached hydrogens (tertiary/aromatic N) is 2. The SMILES string of the molecule is CCCN(CCC(N)C#N)Cc1ccccc1. The summed E-state index contributed by atoms with van der Waals surface area (Å²) in [6.45, 7) is 5.04. The third kappa shape index (κ3) is 5.48. The molecule has 3 heteroatoms. The van der Waals surface area contributed by atoms with Gasteiger partial charge in [0.15, 0.2) is 0 Å². The fourth-order valence-corrected chi connectivity index (χ4v) is 1.81. The second kappa shape index (κ2) is 7.83. The number of benzene rings is 1. The van der Waals surface area contributed by atoms with E-state index in [9.17, 15) is 0 Å². The molecule has 0 aliphatic heterocycles. The van der Waals surface area contributed by atoms with Crippen LogP contribution in [0, 0.1) is 11.3 Å². The average Bonchev–Trinajstić information content (AvgIpc) is 2.37. The van der Waals surface area contributed by atoms with E-state index in [-0.39, 0.29) is 6.04 Å². The minimum atomic E-state index is -0.342. The van der Waals surface area contributed by atoms with Crippen molar-refractivity contribution in [3.05, 3.63) is 35.9 Å². The topological polar surface area (TPSA) is 53.0 Å². The van der Waals surface area contributed by atoms with Crippen LogP contribution in [0.1, 0.15) is 25.3 Å². The number of rotatable bonds is 7. The van der Waals surface area contributed by atoms with Crippen LogP contribution < -0.4 is 5.73 Å². The number of hydrogen-bond donors (Lipinski definition) is 1. The summed E-state index contributed by atoms with van der Waals surface area (Å²) >= 11 is 0. The monoisotopic (exact) mass is 231 g/mol. The maximum atomic E-state index is 8.67. The zero-order valence-corrected chi connectivity index (χ0v) is 10.5. The zero-order valence-electron chi connectivity index (χ0n) is 10.5. The summed E-state index contributed by atoms with van der Waals surface area (Å²) in [5.74, 6) is 0. The lowest BCUT2D eigenvalue weighted by Gasteiger charge is -2.22. The lowest BCUT2D eigenvalue weighted by molar-refractivity contribution is 0.260. The lowest BCUT2D eigenvalue weighted by atomic mass is 10.2. The van der Waals surface area contributed by atoms with E-state index < -0.39 is 0 Å².